The van der Waals surface area contributed by atoms with E-state index in [0.29, 0.717) is 43.9 Å². The van der Waals surface area contributed by atoms with E-state index in [9.17, 15) is 15.0 Å². The molecule has 1 aromatic carbocycles. The van der Waals surface area contributed by atoms with Crippen LogP contribution in [0.2, 0.25) is 0 Å². The third kappa shape index (κ3) is 6.76. The molecule has 0 bridgehead atoms. The molecule has 7 aliphatic rings. The number of fused-ring (bicyclic) bond motifs is 4. The van der Waals surface area contributed by atoms with Crippen molar-refractivity contribution in [2.45, 2.75) is 182 Å². The summed E-state index contributed by atoms with van der Waals surface area (Å²) in [6, 6.07) is 7.19. The van der Waals surface area contributed by atoms with E-state index in [1.807, 2.05) is 20.9 Å². The van der Waals surface area contributed by atoms with Crippen molar-refractivity contribution in [2.24, 2.45) is 44.8 Å². The number of aliphatic hydroxyl groups excluding tert-OH is 2. The highest BCUT2D eigenvalue weighted by Crippen LogP contribution is 2.76. The number of nitrogens with zero attached hydrogens (tertiary/aromatic N) is 1. The lowest BCUT2D eigenvalue weighted by Crippen LogP contribution is -2.68. The van der Waals surface area contributed by atoms with Gasteiger partial charge in [-0.3, -0.25) is 9.59 Å². The van der Waals surface area contributed by atoms with E-state index in [2.05, 4.69) is 87.7 Å². The Morgan fingerprint density at radius 1 is 0.985 bits per heavy atom. The molecular formula is C56H79N3O6. The Kier molecular flexibility index (Phi) is 11.1. The summed E-state index contributed by atoms with van der Waals surface area (Å²) in [7, 11) is 1.97. The highest BCUT2D eigenvalue weighted by atomic mass is 16.6. The first-order valence-electron chi connectivity index (χ1n) is 25.6. The number of H-pyrrole nitrogens is 1. The van der Waals surface area contributed by atoms with Gasteiger partial charge in [0.2, 0.25) is 0 Å². The maximum absolute atomic E-state index is 15.4. The molecule has 4 N–H and O–H groups in total. The normalized spacial score (nSPS) is 38.4. The third-order valence-electron chi connectivity index (χ3n) is 20.1. The lowest BCUT2D eigenvalue weighted by atomic mass is 9.34. The molecule has 65 heavy (non-hydrogen) atoms. The van der Waals surface area contributed by atoms with E-state index >= 15 is 4.79 Å². The number of ether oxygens (including phenoxy) is 2. The second kappa shape index (κ2) is 15.7. The van der Waals surface area contributed by atoms with Crippen LogP contribution in [0.1, 0.15) is 159 Å². The minimum Gasteiger partial charge on any atom is -0.392 e. The van der Waals surface area contributed by atoms with E-state index in [1.54, 1.807) is 0 Å². The Balaban J connectivity index is 1.15. The number of hydrogen-bond donors (Lipinski definition) is 4. The fourth-order valence-corrected chi connectivity index (χ4v) is 16.7. The summed E-state index contributed by atoms with van der Waals surface area (Å²) in [5.74, 6) is 0.775. The number of Topliss-reactive ketones (excluding diaryl/α,β-unsaturated/α-hetero) is 2. The fraction of sp³-hybridized carbons (Fsp3) is 0.714. The van der Waals surface area contributed by atoms with Gasteiger partial charge in [0, 0.05) is 78.8 Å². The largest absolute Gasteiger partial charge is 0.392 e. The number of rotatable bonds is 10. The average Bonchev–Trinajstić information content (AvgIpc) is 3.48. The highest BCUT2D eigenvalue weighted by Gasteiger charge is 2.73. The van der Waals surface area contributed by atoms with Crippen molar-refractivity contribution in [3.8, 4) is 0 Å². The van der Waals surface area contributed by atoms with Crippen molar-refractivity contribution in [1.29, 1.82) is 0 Å². The molecule has 11 atom stereocenters. The molecule has 3 saturated carbocycles. The second-order valence-corrected chi connectivity index (χ2v) is 24.2. The monoisotopic (exact) mass is 890 g/mol. The van der Waals surface area contributed by atoms with Crippen molar-refractivity contribution < 1.29 is 29.3 Å². The molecule has 3 aromatic rings. The molecule has 3 aliphatic heterocycles. The first kappa shape index (κ1) is 45.7. The van der Waals surface area contributed by atoms with Crippen molar-refractivity contribution in [1.82, 2.24) is 14.9 Å². The van der Waals surface area contributed by atoms with Crippen LogP contribution < -0.4 is 5.32 Å². The third-order valence-corrected chi connectivity index (χ3v) is 20.1. The predicted molar refractivity (Wildman–Crippen MR) is 256 cm³/mol. The zero-order chi connectivity index (χ0) is 46.2. The molecular weight excluding hydrogens is 811 g/mol. The minimum atomic E-state index is -0.732. The molecule has 10 rings (SSSR count). The zero-order valence-corrected chi connectivity index (χ0v) is 41.3. The van der Waals surface area contributed by atoms with Gasteiger partial charge in [0.15, 0.2) is 5.78 Å². The Morgan fingerprint density at radius 2 is 1.72 bits per heavy atom. The molecule has 0 spiro atoms. The summed E-state index contributed by atoms with van der Waals surface area (Å²) < 4.78 is 14.4. The van der Waals surface area contributed by atoms with Crippen molar-refractivity contribution in [2.75, 3.05) is 26.8 Å². The van der Waals surface area contributed by atoms with Crippen LogP contribution in [0, 0.1) is 51.8 Å². The number of hydrogen-bond acceptors (Lipinski definition) is 7. The van der Waals surface area contributed by atoms with Gasteiger partial charge in [-0.25, -0.2) is 0 Å². The number of carbonyl (C=O) groups is 2. The lowest BCUT2D eigenvalue weighted by molar-refractivity contribution is -0.222. The molecule has 4 aliphatic carbocycles. The van der Waals surface area contributed by atoms with Crippen LogP contribution in [0.3, 0.4) is 0 Å². The van der Waals surface area contributed by atoms with E-state index < -0.39 is 34.1 Å². The molecule has 9 heteroatoms. The number of aliphatic hydroxyl groups is 2. The number of aromatic amines is 1. The van der Waals surface area contributed by atoms with E-state index in [1.165, 1.54) is 44.5 Å². The number of benzene rings is 1. The van der Waals surface area contributed by atoms with Gasteiger partial charge in [0.1, 0.15) is 11.9 Å². The minimum absolute atomic E-state index is 0.112. The Hall–Kier alpha value is -3.08. The maximum Gasteiger partial charge on any atom is 0.160 e. The number of carbonyl (C=O) groups excluding carboxylic acids is 2. The van der Waals surface area contributed by atoms with E-state index in [4.69, 9.17) is 9.47 Å². The summed E-state index contributed by atoms with van der Waals surface area (Å²) in [6.45, 7) is 23.3. The van der Waals surface area contributed by atoms with Gasteiger partial charge in [-0.15, -0.1) is 0 Å². The van der Waals surface area contributed by atoms with Gasteiger partial charge >= 0.3 is 0 Å². The average molecular weight is 890 g/mol. The van der Waals surface area contributed by atoms with Crippen molar-refractivity contribution >= 4 is 22.6 Å². The topological polar surface area (TPSA) is 129 Å². The lowest BCUT2D eigenvalue weighted by Gasteiger charge is -2.70. The second-order valence-electron chi connectivity index (χ2n) is 24.2. The molecule has 2 saturated heterocycles. The zero-order valence-electron chi connectivity index (χ0n) is 41.3. The molecule has 5 heterocycles. The Bertz CT molecular complexity index is 2440. The van der Waals surface area contributed by atoms with Gasteiger partial charge in [0.25, 0.3) is 0 Å². The van der Waals surface area contributed by atoms with Crippen LogP contribution in [0.4, 0.5) is 0 Å². The molecule has 11 unspecified atom stereocenters. The number of nitrogens with one attached hydrogen (secondary N) is 2. The highest BCUT2D eigenvalue weighted by molar-refractivity contribution is 6.02. The van der Waals surface area contributed by atoms with Gasteiger partial charge in [-0.05, 0) is 155 Å². The number of aryl methyl sites for hydroxylation is 2. The van der Waals surface area contributed by atoms with Gasteiger partial charge in [-0.1, -0.05) is 65.3 Å². The number of allylic oxidation sites excluding steroid dienone is 1. The van der Waals surface area contributed by atoms with Crippen molar-refractivity contribution in [3.05, 3.63) is 69.1 Å². The molecule has 0 radical (unpaired) electrons. The Morgan fingerprint density at radius 3 is 2.42 bits per heavy atom. The van der Waals surface area contributed by atoms with Gasteiger partial charge in [-0.2, -0.15) is 0 Å². The summed E-state index contributed by atoms with van der Waals surface area (Å²) in [4.78, 5) is 33.4. The predicted octanol–water partition coefficient (Wildman–Crippen LogP) is 9.49. The van der Waals surface area contributed by atoms with Crippen LogP contribution in [0.5, 0.6) is 0 Å². The van der Waals surface area contributed by atoms with Crippen LogP contribution in [0.25, 0.3) is 11.0 Å². The summed E-state index contributed by atoms with van der Waals surface area (Å²) >= 11 is 0. The number of aromatic nitrogens is 2. The van der Waals surface area contributed by atoms with Crippen LogP contribution in [0.15, 0.2) is 35.5 Å². The van der Waals surface area contributed by atoms with Crippen LogP contribution >= 0.6 is 0 Å². The number of ketones is 2. The van der Waals surface area contributed by atoms with E-state index in [-0.39, 0.29) is 40.5 Å². The maximum atomic E-state index is 15.4. The summed E-state index contributed by atoms with van der Waals surface area (Å²) in [5, 5.41) is 29.2. The first-order valence-corrected chi connectivity index (χ1v) is 25.6. The SMILES string of the molecule is CCc1c(Cc2cc(C)cc(C3CCOCC3)c2)c2[nH]cc3c2n1CC1C2=C(C(=O)CC2(C)C2(C)CCC4C(C)(CCNC)C(=O)CCC4(C)C2C1O)C(C)(CC(O)C1OC1(C)C)CC3. The smallest absolute Gasteiger partial charge is 0.160 e. The van der Waals surface area contributed by atoms with Gasteiger partial charge < -0.3 is 34.6 Å². The first-order chi connectivity index (χ1) is 30.7. The Labute approximate surface area is 388 Å². The molecule has 0 amide bonds. The van der Waals surface area contributed by atoms with Crippen molar-refractivity contribution in [3.63, 3.8) is 0 Å². The molecule has 2 aromatic heterocycles. The van der Waals surface area contributed by atoms with Gasteiger partial charge in [0.05, 0.1) is 28.8 Å². The fourth-order valence-electron chi connectivity index (χ4n) is 16.7. The molecule has 354 valence electrons. The summed E-state index contributed by atoms with van der Waals surface area (Å²) in [6.07, 6.45) is 10.4. The standard InChI is InChI=1S/C56H79N3O6/c1-11-39-37(27-33-24-32(2)25-36(26-33)34-15-22-64-23-16-34)46-47-35(30-58-46)12-17-52(5,28-41(61)50-51(3,4)65-50)45-40(60)29-56(9)44(45)38(31-59(39)47)48(63)49-54(7)18-14-43(62)53(6,20-21-57-10)42(54)13-19-55(49,56)8/h24-26,30,34,38,41-42,48-50,57-58,61,63H,11-23,27-29,31H2,1-10H3. The number of epoxide rings is 1. The van der Waals surface area contributed by atoms with Crippen LogP contribution in [-0.4, -0.2) is 82.0 Å². The quantitative estimate of drug-likeness (QED) is 0.149. The molecule has 9 nitrogen and oxygen atoms in total. The molecule has 5 fully saturated rings. The van der Waals surface area contributed by atoms with E-state index in [0.717, 1.165) is 88.7 Å². The summed E-state index contributed by atoms with van der Waals surface area (Å²) in [5.41, 5.74) is 9.66. The van der Waals surface area contributed by atoms with Crippen LogP contribution in [-0.2, 0) is 44.9 Å².